The van der Waals surface area contributed by atoms with E-state index in [4.69, 9.17) is 4.42 Å². The minimum atomic E-state index is -0.364. The molecule has 7 nitrogen and oxygen atoms in total. The van der Waals surface area contributed by atoms with Crippen LogP contribution in [0.1, 0.15) is 62.4 Å². The summed E-state index contributed by atoms with van der Waals surface area (Å²) in [4.78, 5) is 19.1. The number of rotatable bonds is 5. The van der Waals surface area contributed by atoms with Crippen LogP contribution >= 0.6 is 0 Å². The predicted octanol–water partition coefficient (Wildman–Crippen LogP) is 2.94. The van der Waals surface area contributed by atoms with Gasteiger partial charge in [0.1, 0.15) is 6.04 Å². The van der Waals surface area contributed by atoms with Gasteiger partial charge < -0.3 is 14.6 Å². The summed E-state index contributed by atoms with van der Waals surface area (Å²) in [6, 6.07) is 5.91. The molecule has 1 amide bonds. The number of nitrogens with one attached hydrogen (secondary N) is 1. The topological polar surface area (TPSA) is 84.1 Å². The molecule has 2 aromatic rings. The zero-order valence-corrected chi connectivity index (χ0v) is 15.6. The van der Waals surface area contributed by atoms with E-state index in [1.807, 2.05) is 36.2 Å². The van der Waals surface area contributed by atoms with Crippen LogP contribution in [0.3, 0.4) is 0 Å². The number of amides is 1. The Bertz CT molecular complexity index is 822. The van der Waals surface area contributed by atoms with Crippen molar-refractivity contribution in [1.29, 1.82) is 0 Å². The van der Waals surface area contributed by atoms with Crippen molar-refractivity contribution in [3.05, 3.63) is 36.0 Å². The van der Waals surface area contributed by atoms with Crippen LogP contribution in [0.4, 0.5) is 6.01 Å². The lowest BCUT2D eigenvalue weighted by Crippen LogP contribution is -2.45. The molecular formula is C20H25N5O2. The fraction of sp³-hybridized carbons (Fsp3) is 0.600. The Morgan fingerprint density at radius 1 is 1.22 bits per heavy atom. The number of pyridine rings is 1. The smallest absolute Gasteiger partial charge is 0.316 e. The first-order valence-electron chi connectivity index (χ1n) is 9.93. The maximum absolute atomic E-state index is 12.7. The Morgan fingerprint density at radius 3 is 2.74 bits per heavy atom. The highest BCUT2D eigenvalue weighted by atomic mass is 16.4. The molecule has 3 heterocycles. The highest BCUT2D eigenvalue weighted by Gasteiger charge is 2.46. The second kappa shape index (κ2) is 6.32. The monoisotopic (exact) mass is 367 g/mol. The molecule has 2 saturated carbocycles. The van der Waals surface area contributed by atoms with E-state index >= 15 is 0 Å². The van der Waals surface area contributed by atoms with Gasteiger partial charge in [-0.05, 0) is 56.6 Å². The van der Waals surface area contributed by atoms with Crippen LogP contribution in [0.2, 0.25) is 0 Å². The lowest BCUT2D eigenvalue weighted by molar-refractivity contribution is -0.133. The molecule has 1 spiro atoms. The fourth-order valence-corrected chi connectivity index (χ4v) is 4.23. The fourth-order valence-electron chi connectivity index (χ4n) is 4.23. The normalized spacial score (nSPS) is 26.6. The summed E-state index contributed by atoms with van der Waals surface area (Å²) in [5, 5.41) is 11.3. The molecule has 2 aliphatic carbocycles. The first kappa shape index (κ1) is 16.7. The molecule has 5 rings (SSSR count). The first-order chi connectivity index (χ1) is 13.1. The van der Waals surface area contributed by atoms with Gasteiger partial charge in [-0.15, -0.1) is 5.10 Å². The molecule has 142 valence electrons. The Labute approximate surface area is 158 Å². The molecular weight excluding hydrogens is 342 g/mol. The van der Waals surface area contributed by atoms with E-state index in [9.17, 15) is 4.79 Å². The number of anilines is 1. The van der Waals surface area contributed by atoms with Gasteiger partial charge in [0.2, 0.25) is 11.8 Å². The molecule has 27 heavy (non-hydrogen) atoms. The molecule has 0 aromatic carbocycles. The standard InChI is InChI=1S/C20H25N5O2/c1-13(18(26)25-10-7-20(5-6-20)8-11-25)22-19-24-23-17(27-19)15-12-14(15)16-4-2-3-9-21-16/h2-4,9,13-15H,5-8,10-12H2,1H3,(H,22,24)/t13-,14?,15?/m0/s1. The van der Waals surface area contributed by atoms with Gasteiger partial charge in [0.15, 0.2) is 0 Å². The van der Waals surface area contributed by atoms with Crippen molar-refractivity contribution in [2.75, 3.05) is 18.4 Å². The van der Waals surface area contributed by atoms with Gasteiger partial charge in [0, 0.05) is 36.8 Å². The molecule has 2 unspecified atom stereocenters. The minimum Gasteiger partial charge on any atom is -0.408 e. The van der Waals surface area contributed by atoms with Gasteiger partial charge in [0.25, 0.3) is 0 Å². The molecule has 3 atom stereocenters. The zero-order chi connectivity index (χ0) is 18.4. The summed E-state index contributed by atoms with van der Waals surface area (Å²) in [5.74, 6) is 1.32. The summed E-state index contributed by atoms with van der Waals surface area (Å²) in [6.45, 7) is 3.60. The third kappa shape index (κ3) is 3.31. The Hall–Kier alpha value is -2.44. The third-order valence-corrected chi connectivity index (χ3v) is 6.42. The van der Waals surface area contributed by atoms with Crippen molar-refractivity contribution < 1.29 is 9.21 Å². The van der Waals surface area contributed by atoms with Crippen molar-refractivity contribution in [3.8, 4) is 0 Å². The maximum Gasteiger partial charge on any atom is 0.316 e. The van der Waals surface area contributed by atoms with Crippen LogP contribution < -0.4 is 5.32 Å². The number of hydrogen-bond donors (Lipinski definition) is 1. The molecule has 1 saturated heterocycles. The van der Waals surface area contributed by atoms with Crippen LogP contribution in [0.5, 0.6) is 0 Å². The first-order valence-corrected chi connectivity index (χ1v) is 9.93. The van der Waals surface area contributed by atoms with Crippen LogP contribution in [0.15, 0.2) is 28.8 Å². The van der Waals surface area contributed by atoms with E-state index in [0.29, 0.717) is 23.2 Å². The number of aromatic nitrogens is 3. The predicted molar refractivity (Wildman–Crippen MR) is 99.2 cm³/mol. The third-order valence-electron chi connectivity index (χ3n) is 6.42. The molecule has 0 bridgehead atoms. The summed E-state index contributed by atoms with van der Waals surface area (Å²) in [5.41, 5.74) is 1.64. The van der Waals surface area contributed by atoms with E-state index in [1.165, 1.54) is 12.8 Å². The van der Waals surface area contributed by atoms with Crippen molar-refractivity contribution in [1.82, 2.24) is 20.1 Å². The molecule has 2 aromatic heterocycles. The van der Waals surface area contributed by atoms with E-state index in [1.54, 1.807) is 0 Å². The van der Waals surface area contributed by atoms with Gasteiger partial charge in [-0.3, -0.25) is 9.78 Å². The van der Waals surface area contributed by atoms with Gasteiger partial charge >= 0.3 is 6.01 Å². The van der Waals surface area contributed by atoms with Gasteiger partial charge in [-0.1, -0.05) is 11.2 Å². The van der Waals surface area contributed by atoms with Crippen molar-refractivity contribution >= 4 is 11.9 Å². The minimum absolute atomic E-state index is 0.114. The molecule has 1 N–H and O–H groups in total. The Balaban J connectivity index is 1.17. The average Bonchev–Trinajstić information content (AvgIpc) is 3.61. The Kier molecular flexibility index (Phi) is 3.91. The number of hydrogen-bond acceptors (Lipinski definition) is 6. The molecule has 7 heteroatoms. The second-order valence-electron chi connectivity index (χ2n) is 8.34. The molecule has 0 radical (unpaired) electrons. The Morgan fingerprint density at radius 2 is 2.04 bits per heavy atom. The lowest BCUT2D eigenvalue weighted by atomic mass is 9.93. The van der Waals surface area contributed by atoms with Crippen molar-refractivity contribution in [2.24, 2.45) is 5.41 Å². The number of carbonyl (C=O) groups excluding carboxylic acids is 1. The molecule has 1 aliphatic heterocycles. The van der Waals surface area contributed by atoms with Crippen LogP contribution in [-0.4, -0.2) is 45.1 Å². The van der Waals surface area contributed by atoms with E-state index in [0.717, 1.165) is 38.0 Å². The zero-order valence-electron chi connectivity index (χ0n) is 15.6. The van der Waals surface area contributed by atoms with Crippen LogP contribution in [0, 0.1) is 5.41 Å². The average molecular weight is 367 g/mol. The van der Waals surface area contributed by atoms with Crippen molar-refractivity contribution in [2.45, 2.75) is 56.9 Å². The van der Waals surface area contributed by atoms with Gasteiger partial charge in [-0.2, -0.15) is 0 Å². The van der Waals surface area contributed by atoms with Gasteiger partial charge in [0.05, 0.1) is 0 Å². The van der Waals surface area contributed by atoms with E-state index in [-0.39, 0.29) is 17.9 Å². The largest absolute Gasteiger partial charge is 0.408 e. The van der Waals surface area contributed by atoms with Gasteiger partial charge in [-0.25, -0.2) is 0 Å². The summed E-state index contributed by atoms with van der Waals surface area (Å²) in [6.07, 6.45) is 7.76. The van der Waals surface area contributed by atoms with E-state index in [2.05, 4.69) is 20.5 Å². The lowest BCUT2D eigenvalue weighted by Gasteiger charge is -2.33. The summed E-state index contributed by atoms with van der Waals surface area (Å²) < 4.78 is 5.78. The molecule has 3 fully saturated rings. The number of piperidine rings is 1. The van der Waals surface area contributed by atoms with Crippen molar-refractivity contribution in [3.63, 3.8) is 0 Å². The molecule has 3 aliphatic rings. The highest BCUT2D eigenvalue weighted by Crippen LogP contribution is 2.54. The number of nitrogens with zero attached hydrogens (tertiary/aromatic N) is 4. The maximum atomic E-state index is 12.7. The quantitative estimate of drug-likeness (QED) is 0.875. The number of carbonyl (C=O) groups is 1. The SMILES string of the molecule is C[C@H](Nc1nnc(C2CC2c2ccccn2)o1)C(=O)N1CCC2(CC1)CC2. The summed E-state index contributed by atoms with van der Waals surface area (Å²) >= 11 is 0. The van der Waals surface area contributed by atoms with E-state index < -0.39 is 0 Å². The highest BCUT2D eigenvalue weighted by molar-refractivity contribution is 5.83. The van der Waals surface area contributed by atoms with Crippen LogP contribution in [-0.2, 0) is 4.79 Å². The number of likely N-dealkylation sites (tertiary alicyclic amines) is 1. The van der Waals surface area contributed by atoms with Crippen LogP contribution in [0.25, 0.3) is 0 Å². The second-order valence-corrected chi connectivity index (χ2v) is 8.34. The summed E-state index contributed by atoms with van der Waals surface area (Å²) in [7, 11) is 0.